The third-order valence-corrected chi connectivity index (χ3v) is 6.53. The van der Waals surface area contributed by atoms with E-state index < -0.39 is 17.8 Å². The molecule has 192 valence electrons. The standard InChI is InChI=1S/C27H27F3N6O/c1-15(2)36-14-19(8-9-23(36)37)21-13-22-24(33-17(4)34-26(22)35-11-10-31-25(21)35)32-16(3)18-6-5-7-20(12-18)27(28,29)30/h5-9,12-16,31H,10-11H2,1-4H3/t16-/m1/s1. The number of anilines is 1. The van der Waals surface area contributed by atoms with Crippen molar-refractivity contribution in [2.24, 2.45) is 4.99 Å². The lowest BCUT2D eigenvalue weighted by Crippen LogP contribution is -2.22. The van der Waals surface area contributed by atoms with Gasteiger partial charge in [-0.2, -0.15) is 13.2 Å². The highest BCUT2D eigenvalue weighted by atomic mass is 19.4. The van der Waals surface area contributed by atoms with Crippen molar-refractivity contribution in [1.29, 1.82) is 0 Å². The maximum absolute atomic E-state index is 13.3. The first-order valence-corrected chi connectivity index (χ1v) is 12.1. The number of hydrogen-bond donors (Lipinski definition) is 1. The van der Waals surface area contributed by atoms with E-state index >= 15 is 0 Å². The summed E-state index contributed by atoms with van der Waals surface area (Å²) >= 11 is 0. The average Bonchev–Trinajstić information content (AvgIpc) is 3.34. The van der Waals surface area contributed by atoms with Crippen LogP contribution in [0.1, 0.15) is 49.8 Å². The third kappa shape index (κ3) is 4.63. The van der Waals surface area contributed by atoms with Crippen LogP contribution in [-0.4, -0.2) is 25.6 Å². The molecule has 5 rings (SSSR count). The lowest BCUT2D eigenvalue weighted by molar-refractivity contribution is -0.137. The van der Waals surface area contributed by atoms with Crippen LogP contribution in [-0.2, 0) is 12.7 Å². The van der Waals surface area contributed by atoms with Gasteiger partial charge in [0.15, 0.2) is 5.49 Å². The van der Waals surface area contributed by atoms with E-state index in [4.69, 9.17) is 4.99 Å². The van der Waals surface area contributed by atoms with E-state index in [1.807, 2.05) is 26.1 Å². The molecule has 1 N–H and O–H groups in total. The smallest absolute Gasteiger partial charge is 0.369 e. The van der Waals surface area contributed by atoms with Gasteiger partial charge in [0.2, 0.25) is 0 Å². The molecule has 0 saturated carbocycles. The second-order valence-electron chi connectivity index (χ2n) is 9.50. The number of rotatable bonds is 4. The van der Waals surface area contributed by atoms with Crippen LogP contribution in [0.3, 0.4) is 0 Å². The Bertz CT molecular complexity index is 1580. The molecule has 3 aliphatic heterocycles. The number of hydrogen-bond acceptors (Lipinski definition) is 5. The van der Waals surface area contributed by atoms with Crippen LogP contribution >= 0.6 is 0 Å². The Morgan fingerprint density at radius 2 is 1.84 bits per heavy atom. The van der Waals surface area contributed by atoms with E-state index in [0.717, 1.165) is 29.1 Å². The Kier molecular flexibility index (Phi) is 6.13. The van der Waals surface area contributed by atoms with Gasteiger partial charge in [-0.1, -0.05) is 12.1 Å². The zero-order valence-electron chi connectivity index (χ0n) is 21.0. The zero-order chi connectivity index (χ0) is 26.5. The van der Waals surface area contributed by atoms with Crippen LogP contribution < -0.4 is 16.4 Å². The first-order valence-electron chi connectivity index (χ1n) is 12.1. The molecule has 0 saturated heterocycles. The van der Waals surface area contributed by atoms with Crippen molar-refractivity contribution >= 4 is 5.82 Å². The van der Waals surface area contributed by atoms with Crippen LogP contribution in [0, 0.1) is 6.92 Å². The molecule has 3 aliphatic rings. The first kappa shape index (κ1) is 24.7. The predicted octanol–water partition coefficient (Wildman–Crippen LogP) is 5.21. The van der Waals surface area contributed by atoms with Gasteiger partial charge in [-0.25, -0.2) is 9.97 Å². The molecule has 4 heterocycles. The predicted molar refractivity (Wildman–Crippen MR) is 135 cm³/mol. The second kappa shape index (κ2) is 9.17. The van der Waals surface area contributed by atoms with Crippen LogP contribution in [0.2, 0.25) is 0 Å². The number of alkyl halides is 3. The fourth-order valence-electron chi connectivity index (χ4n) is 4.66. The average molecular weight is 509 g/mol. The van der Waals surface area contributed by atoms with E-state index in [2.05, 4.69) is 19.9 Å². The number of aromatic nitrogens is 4. The Morgan fingerprint density at radius 1 is 1.05 bits per heavy atom. The minimum atomic E-state index is -4.43. The SMILES string of the molecule is Cc1nc2n3c(c(-c4ccc(=O)n(C(C)C)c4)cc-2c(=N[C@H](C)c2cccc(C(F)(F)F)c2)n1)NCC3. The van der Waals surface area contributed by atoms with Gasteiger partial charge < -0.3 is 14.5 Å². The molecular weight excluding hydrogens is 481 g/mol. The normalized spacial score (nSPS) is 14.8. The van der Waals surface area contributed by atoms with Crippen molar-refractivity contribution in [2.75, 3.05) is 11.9 Å². The second-order valence-corrected chi connectivity index (χ2v) is 9.50. The largest absolute Gasteiger partial charge is 0.416 e. The number of halogens is 3. The van der Waals surface area contributed by atoms with Crippen molar-refractivity contribution in [1.82, 2.24) is 19.1 Å². The van der Waals surface area contributed by atoms with Crippen LogP contribution in [0.15, 0.2) is 58.4 Å². The molecular formula is C27H27F3N6O. The van der Waals surface area contributed by atoms with Crippen molar-refractivity contribution < 1.29 is 13.2 Å². The third-order valence-electron chi connectivity index (χ3n) is 6.53. The molecule has 10 heteroatoms. The highest BCUT2D eigenvalue weighted by Gasteiger charge is 2.31. The number of benzene rings is 1. The van der Waals surface area contributed by atoms with Gasteiger partial charge in [-0.15, -0.1) is 0 Å². The first-order chi connectivity index (χ1) is 17.5. The maximum atomic E-state index is 13.3. The summed E-state index contributed by atoms with van der Waals surface area (Å²) in [4.78, 5) is 26.4. The summed E-state index contributed by atoms with van der Waals surface area (Å²) in [5.41, 5.74) is 2.47. The Balaban J connectivity index is 1.71. The minimum absolute atomic E-state index is 0.00794. The highest BCUT2D eigenvalue weighted by Crippen LogP contribution is 2.36. The molecule has 1 atom stereocenters. The van der Waals surface area contributed by atoms with E-state index in [-0.39, 0.29) is 11.6 Å². The number of fused-ring (bicyclic) bond motifs is 3. The van der Waals surface area contributed by atoms with Gasteiger partial charge in [0.1, 0.15) is 17.5 Å². The summed E-state index contributed by atoms with van der Waals surface area (Å²) in [5, 5.41) is 3.43. The van der Waals surface area contributed by atoms with Crippen LogP contribution in [0.25, 0.3) is 22.5 Å². The molecule has 7 nitrogen and oxygen atoms in total. The Morgan fingerprint density at radius 3 is 2.57 bits per heavy atom. The van der Waals surface area contributed by atoms with Crippen molar-refractivity contribution in [3.8, 4) is 22.5 Å². The van der Waals surface area contributed by atoms with Crippen LogP contribution in [0.4, 0.5) is 19.0 Å². The fourth-order valence-corrected chi connectivity index (χ4v) is 4.66. The van der Waals surface area contributed by atoms with Crippen LogP contribution in [0.5, 0.6) is 0 Å². The topological polar surface area (TPSA) is 77.1 Å². The van der Waals surface area contributed by atoms with E-state index in [1.54, 1.807) is 36.6 Å². The van der Waals surface area contributed by atoms with Gasteiger partial charge in [0.05, 0.1) is 17.2 Å². The van der Waals surface area contributed by atoms with Crippen molar-refractivity contribution in [3.05, 3.63) is 81.5 Å². The summed E-state index contributed by atoms with van der Waals surface area (Å²) in [6.45, 7) is 8.82. The summed E-state index contributed by atoms with van der Waals surface area (Å²) in [5.74, 6) is 2.10. The Labute approximate surface area is 211 Å². The highest BCUT2D eigenvalue weighted by molar-refractivity contribution is 5.82. The monoisotopic (exact) mass is 508 g/mol. The minimum Gasteiger partial charge on any atom is -0.369 e. The van der Waals surface area contributed by atoms with Gasteiger partial charge in [0.25, 0.3) is 5.56 Å². The molecule has 0 amide bonds. The summed E-state index contributed by atoms with van der Waals surface area (Å²) in [6.07, 6.45) is -2.59. The molecule has 0 bridgehead atoms. The number of pyridine rings is 2. The number of aryl methyl sites for hydroxylation is 1. The van der Waals surface area contributed by atoms with E-state index in [0.29, 0.717) is 41.4 Å². The van der Waals surface area contributed by atoms with Crippen molar-refractivity contribution in [2.45, 2.75) is 52.5 Å². The Hall–Kier alpha value is -3.95. The molecule has 0 fully saturated rings. The molecule has 2 aromatic rings. The molecule has 37 heavy (non-hydrogen) atoms. The number of nitrogens with zero attached hydrogens (tertiary/aromatic N) is 5. The van der Waals surface area contributed by atoms with Gasteiger partial charge in [-0.05, 0) is 57.5 Å². The summed E-state index contributed by atoms with van der Waals surface area (Å²) < 4.78 is 43.6. The molecule has 0 spiro atoms. The van der Waals surface area contributed by atoms with Crippen molar-refractivity contribution in [3.63, 3.8) is 0 Å². The quantitative estimate of drug-likeness (QED) is 0.411. The van der Waals surface area contributed by atoms with Gasteiger partial charge >= 0.3 is 6.18 Å². The fraction of sp³-hybridized carbons (Fsp3) is 0.333. The zero-order valence-corrected chi connectivity index (χ0v) is 21.0. The molecule has 0 radical (unpaired) electrons. The maximum Gasteiger partial charge on any atom is 0.416 e. The van der Waals surface area contributed by atoms with Gasteiger partial charge in [-0.3, -0.25) is 9.79 Å². The lowest BCUT2D eigenvalue weighted by Gasteiger charge is -2.19. The summed E-state index contributed by atoms with van der Waals surface area (Å²) in [6, 6.07) is 9.92. The number of nitrogens with one attached hydrogen (secondary N) is 1. The molecule has 1 aromatic heterocycles. The van der Waals surface area contributed by atoms with Gasteiger partial charge in [0, 0.05) is 42.5 Å². The summed E-state index contributed by atoms with van der Waals surface area (Å²) in [7, 11) is 0. The van der Waals surface area contributed by atoms with E-state index in [1.165, 1.54) is 6.07 Å². The molecule has 0 unspecified atom stereocenters. The molecule has 1 aromatic carbocycles. The van der Waals surface area contributed by atoms with E-state index in [9.17, 15) is 18.0 Å². The lowest BCUT2D eigenvalue weighted by atomic mass is 10.0. The molecule has 0 aliphatic carbocycles.